The van der Waals surface area contributed by atoms with Crippen molar-refractivity contribution >= 4 is 45.3 Å². The molecule has 0 bridgehead atoms. The number of amides is 1. The molecular formula is C30H30N4O2S. The van der Waals surface area contributed by atoms with E-state index in [1.165, 1.54) is 17.3 Å². The Morgan fingerprint density at radius 2 is 1.81 bits per heavy atom. The van der Waals surface area contributed by atoms with Crippen LogP contribution in [0.5, 0.6) is 0 Å². The molecule has 0 unspecified atom stereocenters. The average Bonchev–Trinajstić information content (AvgIpc) is 3.28. The summed E-state index contributed by atoms with van der Waals surface area (Å²) in [5, 5.41) is 4.34. The molecule has 5 aromatic rings. The number of benzene rings is 3. The molecule has 0 atom stereocenters. The van der Waals surface area contributed by atoms with E-state index in [0.29, 0.717) is 16.2 Å². The molecule has 0 fully saturated rings. The molecule has 1 amide bonds. The van der Waals surface area contributed by atoms with Crippen LogP contribution < -0.4 is 10.9 Å². The fraction of sp³-hybridized carbons (Fsp3) is 0.233. The van der Waals surface area contributed by atoms with Crippen molar-refractivity contribution in [2.45, 2.75) is 45.2 Å². The van der Waals surface area contributed by atoms with E-state index >= 15 is 0 Å². The van der Waals surface area contributed by atoms with Crippen LogP contribution in [0.1, 0.15) is 36.5 Å². The number of thioether (sulfide) groups is 1. The summed E-state index contributed by atoms with van der Waals surface area (Å²) in [6.45, 7) is 6.20. The van der Waals surface area contributed by atoms with Crippen LogP contribution in [0.2, 0.25) is 0 Å². The van der Waals surface area contributed by atoms with Crippen LogP contribution >= 0.6 is 11.8 Å². The number of carbonyl (C=O) groups excluding carboxylic acids is 1. The summed E-state index contributed by atoms with van der Waals surface area (Å²) in [5.41, 5.74) is 6.63. The van der Waals surface area contributed by atoms with Gasteiger partial charge in [0.2, 0.25) is 5.91 Å². The molecule has 0 aliphatic rings. The number of carbonyl (C=O) groups is 1. The molecule has 6 nitrogen and oxygen atoms in total. The van der Waals surface area contributed by atoms with Gasteiger partial charge in [0.15, 0.2) is 5.16 Å². The van der Waals surface area contributed by atoms with E-state index < -0.39 is 0 Å². The lowest BCUT2D eigenvalue weighted by Crippen LogP contribution is -2.23. The summed E-state index contributed by atoms with van der Waals surface area (Å²) in [7, 11) is 0. The summed E-state index contributed by atoms with van der Waals surface area (Å²) in [6, 6.07) is 21.6. The van der Waals surface area contributed by atoms with Gasteiger partial charge in [0.05, 0.1) is 11.4 Å². The lowest BCUT2D eigenvalue weighted by Gasteiger charge is -2.15. The van der Waals surface area contributed by atoms with Gasteiger partial charge in [-0.2, -0.15) is 0 Å². The molecule has 0 aliphatic heterocycles. The van der Waals surface area contributed by atoms with Gasteiger partial charge < -0.3 is 10.3 Å². The van der Waals surface area contributed by atoms with Crippen LogP contribution in [0.15, 0.2) is 76.7 Å². The van der Waals surface area contributed by atoms with Crippen molar-refractivity contribution < 1.29 is 4.79 Å². The van der Waals surface area contributed by atoms with Crippen molar-refractivity contribution in [1.82, 2.24) is 14.5 Å². The van der Waals surface area contributed by atoms with Crippen molar-refractivity contribution in [2.75, 3.05) is 11.1 Å². The number of aromatic amines is 1. The van der Waals surface area contributed by atoms with Gasteiger partial charge in [0.1, 0.15) is 11.0 Å². The topological polar surface area (TPSA) is 79.8 Å². The van der Waals surface area contributed by atoms with E-state index in [2.05, 4.69) is 29.4 Å². The van der Waals surface area contributed by atoms with Crippen LogP contribution in [0, 0.1) is 13.8 Å². The maximum atomic E-state index is 13.8. The van der Waals surface area contributed by atoms with E-state index in [-0.39, 0.29) is 17.2 Å². The Labute approximate surface area is 220 Å². The lowest BCUT2D eigenvalue weighted by molar-refractivity contribution is -0.113. The summed E-state index contributed by atoms with van der Waals surface area (Å²) in [6.07, 6.45) is 3.35. The van der Waals surface area contributed by atoms with E-state index in [1.54, 1.807) is 4.57 Å². The van der Waals surface area contributed by atoms with Gasteiger partial charge in [-0.25, -0.2) is 4.98 Å². The normalized spacial score (nSPS) is 11.3. The molecule has 7 heteroatoms. The Hall–Kier alpha value is -3.84. The van der Waals surface area contributed by atoms with Crippen molar-refractivity contribution in [2.24, 2.45) is 0 Å². The fourth-order valence-corrected chi connectivity index (χ4v) is 5.29. The Kier molecular flexibility index (Phi) is 7.15. The van der Waals surface area contributed by atoms with Crippen molar-refractivity contribution in [3.05, 3.63) is 93.8 Å². The molecule has 188 valence electrons. The van der Waals surface area contributed by atoms with Crippen LogP contribution in [-0.4, -0.2) is 26.2 Å². The first-order valence-corrected chi connectivity index (χ1v) is 13.6. The number of anilines is 1. The number of aromatic nitrogens is 3. The average molecular weight is 511 g/mol. The molecule has 37 heavy (non-hydrogen) atoms. The standard InChI is InChI=1S/C30H30N4O2S/c1-4-5-10-21-14-16-22(17-15-21)31-26(35)18-37-30-33-27-23-11-6-7-12-24(23)32-28(27)29(36)34(30)25-13-8-9-19(2)20(25)3/h6-9,11-17,32H,4-5,10,18H2,1-3H3,(H,31,35). The number of H-pyrrole nitrogens is 1. The molecule has 0 spiro atoms. The van der Waals surface area contributed by atoms with Crippen molar-refractivity contribution in [3.63, 3.8) is 0 Å². The molecule has 3 aromatic carbocycles. The van der Waals surface area contributed by atoms with Gasteiger partial charge in [-0.3, -0.25) is 14.2 Å². The van der Waals surface area contributed by atoms with Gasteiger partial charge in [0.25, 0.3) is 5.56 Å². The van der Waals surface area contributed by atoms with Gasteiger partial charge in [-0.15, -0.1) is 0 Å². The summed E-state index contributed by atoms with van der Waals surface area (Å²) in [5.74, 6) is -0.0185. The quantitative estimate of drug-likeness (QED) is 0.183. The lowest BCUT2D eigenvalue weighted by atomic mass is 10.1. The SMILES string of the molecule is CCCCc1ccc(NC(=O)CSc2nc3c([nH]c4ccccc43)c(=O)n2-c2cccc(C)c2C)cc1. The highest BCUT2D eigenvalue weighted by Gasteiger charge is 2.19. The molecular weight excluding hydrogens is 480 g/mol. The molecule has 2 N–H and O–H groups in total. The highest BCUT2D eigenvalue weighted by atomic mass is 32.2. The Balaban J connectivity index is 1.48. The highest BCUT2D eigenvalue weighted by Crippen LogP contribution is 2.28. The molecule has 5 rings (SSSR count). The van der Waals surface area contributed by atoms with Crippen LogP contribution in [0.3, 0.4) is 0 Å². The molecule has 2 heterocycles. The highest BCUT2D eigenvalue weighted by molar-refractivity contribution is 7.99. The van der Waals surface area contributed by atoms with Crippen LogP contribution in [0.4, 0.5) is 5.69 Å². The number of para-hydroxylation sites is 1. The number of fused-ring (bicyclic) bond motifs is 3. The van der Waals surface area contributed by atoms with Crippen LogP contribution in [0.25, 0.3) is 27.6 Å². The van der Waals surface area contributed by atoms with E-state index in [9.17, 15) is 9.59 Å². The third-order valence-electron chi connectivity index (χ3n) is 6.70. The molecule has 2 aromatic heterocycles. The van der Waals surface area contributed by atoms with Gasteiger partial charge >= 0.3 is 0 Å². The summed E-state index contributed by atoms with van der Waals surface area (Å²) < 4.78 is 1.63. The number of unbranched alkanes of at least 4 members (excludes halogenated alkanes) is 1. The zero-order chi connectivity index (χ0) is 25.9. The Morgan fingerprint density at radius 1 is 1.03 bits per heavy atom. The summed E-state index contributed by atoms with van der Waals surface area (Å²) in [4.78, 5) is 34.8. The minimum absolute atomic E-state index is 0.128. The fourth-order valence-electron chi connectivity index (χ4n) is 4.49. The molecule has 0 radical (unpaired) electrons. The first-order valence-electron chi connectivity index (χ1n) is 12.6. The van der Waals surface area contributed by atoms with Gasteiger partial charge in [0, 0.05) is 16.6 Å². The zero-order valence-electron chi connectivity index (χ0n) is 21.3. The molecule has 0 aliphatic carbocycles. The van der Waals surface area contributed by atoms with Crippen molar-refractivity contribution in [1.29, 1.82) is 0 Å². The Bertz CT molecular complexity index is 1650. The predicted molar refractivity (Wildman–Crippen MR) is 153 cm³/mol. The van der Waals surface area contributed by atoms with E-state index in [1.807, 2.05) is 68.4 Å². The predicted octanol–water partition coefficient (Wildman–Crippen LogP) is 6.56. The molecule has 0 saturated carbocycles. The second-order valence-corrected chi connectivity index (χ2v) is 10.2. The maximum absolute atomic E-state index is 13.8. The second kappa shape index (κ2) is 10.6. The molecule has 0 saturated heterocycles. The monoisotopic (exact) mass is 510 g/mol. The Morgan fingerprint density at radius 3 is 2.59 bits per heavy atom. The first-order chi connectivity index (χ1) is 18.0. The zero-order valence-corrected chi connectivity index (χ0v) is 22.1. The maximum Gasteiger partial charge on any atom is 0.283 e. The van der Waals surface area contributed by atoms with E-state index in [0.717, 1.165) is 52.7 Å². The third kappa shape index (κ3) is 5.04. The van der Waals surface area contributed by atoms with E-state index in [4.69, 9.17) is 4.98 Å². The number of rotatable bonds is 8. The smallest absolute Gasteiger partial charge is 0.283 e. The summed E-state index contributed by atoms with van der Waals surface area (Å²) >= 11 is 1.26. The largest absolute Gasteiger partial charge is 0.349 e. The number of nitrogens with one attached hydrogen (secondary N) is 2. The van der Waals surface area contributed by atoms with Gasteiger partial charge in [-0.1, -0.05) is 67.6 Å². The minimum Gasteiger partial charge on any atom is -0.349 e. The second-order valence-electron chi connectivity index (χ2n) is 9.29. The third-order valence-corrected chi connectivity index (χ3v) is 7.64. The number of nitrogens with zero attached hydrogens (tertiary/aromatic N) is 2. The van der Waals surface area contributed by atoms with Crippen molar-refractivity contribution in [3.8, 4) is 5.69 Å². The minimum atomic E-state index is -0.180. The number of hydrogen-bond acceptors (Lipinski definition) is 4. The van der Waals surface area contributed by atoms with Crippen LogP contribution in [-0.2, 0) is 11.2 Å². The van der Waals surface area contributed by atoms with Gasteiger partial charge in [-0.05, 0) is 67.6 Å². The first kappa shape index (κ1) is 24.8. The number of aryl methyl sites for hydroxylation is 2. The number of hydrogen-bond donors (Lipinski definition) is 2.